The molecule has 0 radical (unpaired) electrons. The number of nitrogens with one attached hydrogen (secondary N) is 2. The normalized spacial score (nSPS) is 18.7. The summed E-state index contributed by atoms with van der Waals surface area (Å²) in [5.41, 5.74) is 1.52. The molecule has 154 valence electrons. The molecule has 1 aliphatic heterocycles. The lowest BCUT2D eigenvalue weighted by molar-refractivity contribution is -0.131. The van der Waals surface area contributed by atoms with E-state index < -0.39 is 17.5 Å². The van der Waals surface area contributed by atoms with Crippen molar-refractivity contribution in [1.82, 2.24) is 15.2 Å². The van der Waals surface area contributed by atoms with Crippen LogP contribution in [0.3, 0.4) is 0 Å². The molecule has 3 amide bonds. The van der Waals surface area contributed by atoms with Gasteiger partial charge in [-0.25, -0.2) is 4.79 Å². The van der Waals surface area contributed by atoms with Gasteiger partial charge in [0.25, 0.3) is 5.91 Å². The van der Waals surface area contributed by atoms with Gasteiger partial charge in [-0.3, -0.25) is 14.5 Å². The number of aromatic amines is 1. The van der Waals surface area contributed by atoms with E-state index in [1.807, 2.05) is 38.1 Å². The van der Waals surface area contributed by atoms with Crippen LogP contribution in [0.5, 0.6) is 5.75 Å². The molecule has 0 unspecified atom stereocenters. The average Bonchev–Trinajstić information content (AvgIpc) is 3.22. The number of H-pyrrole nitrogens is 1. The van der Waals surface area contributed by atoms with Gasteiger partial charge in [0, 0.05) is 22.2 Å². The monoisotopic (exact) mass is 405 g/mol. The fourth-order valence-electron chi connectivity index (χ4n) is 4.14. The van der Waals surface area contributed by atoms with Crippen molar-refractivity contribution in [1.29, 1.82) is 0 Å². The predicted molar refractivity (Wildman–Crippen MR) is 113 cm³/mol. The zero-order valence-electron chi connectivity index (χ0n) is 17.1. The molecular formula is C23H23N3O4. The molecule has 0 aliphatic carbocycles. The van der Waals surface area contributed by atoms with Crippen molar-refractivity contribution in [3.63, 3.8) is 0 Å². The minimum absolute atomic E-state index is 0.282. The molecule has 2 N–H and O–H groups in total. The fourth-order valence-corrected chi connectivity index (χ4v) is 4.14. The number of imide groups is 1. The van der Waals surface area contributed by atoms with Crippen LogP contribution in [0.1, 0.15) is 35.0 Å². The molecule has 0 spiro atoms. The number of benzene rings is 2. The summed E-state index contributed by atoms with van der Waals surface area (Å²) in [4.78, 5) is 43.3. The number of carbonyl (C=O) groups excluding carboxylic acids is 3. The molecule has 4 rings (SSSR count). The van der Waals surface area contributed by atoms with Crippen molar-refractivity contribution in [2.45, 2.75) is 25.8 Å². The standard InChI is InChI=1S/C23H23N3O4/c1-4-23(15-9-11-16(30-3)12-10-15)21(28)26(22(29)25-23)13-19(27)20-14(2)24-18-8-6-5-7-17(18)20/h5-12,24H,4,13H2,1-3H3,(H,25,29)/t23-/m0/s1. The molecule has 7 nitrogen and oxygen atoms in total. The number of aryl methyl sites for hydroxylation is 1. The van der Waals surface area contributed by atoms with Gasteiger partial charge in [0.1, 0.15) is 11.3 Å². The van der Waals surface area contributed by atoms with Gasteiger partial charge in [0.15, 0.2) is 5.78 Å². The van der Waals surface area contributed by atoms with E-state index in [4.69, 9.17) is 4.74 Å². The predicted octanol–water partition coefficient (Wildman–Crippen LogP) is 3.52. The van der Waals surface area contributed by atoms with Gasteiger partial charge in [-0.2, -0.15) is 0 Å². The van der Waals surface area contributed by atoms with E-state index in [1.54, 1.807) is 31.4 Å². The van der Waals surface area contributed by atoms with Crippen LogP contribution in [0, 0.1) is 6.92 Å². The minimum Gasteiger partial charge on any atom is -0.497 e. The van der Waals surface area contributed by atoms with Gasteiger partial charge in [-0.1, -0.05) is 37.3 Å². The maximum absolute atomic E-state index is 13.3. The van der Waals surface area contributed by atoms with E-state index >= 15 is 0 Å². The number of fused-ring (bicyclic) bond motifs is 1. The van der Waals surface area contributed by atoms with Crippen LogP contribution in [0.2, 0.25) is 0 Å². The van der Waals surface area contributed by atoms with Crippen LogP contribution >= 0.6 is 0 Å². The third-order valence-corrected chi connectivity index (χ3v) is 5.76. The molecule has 1 fully saturated rings. The number of rotatable bonds is 6. The Morgan fingerprint density at radius 1 is 1.10 bits per heavy atom. The summed E-state index contributed by atoms with van der Waals surface area (Å²) in [6, 6.07) is 13.9. The molecule has 1 aliphatic rings. The number of para-hydroxylation sites is 1. The van der Waals surface area contributed by atoms with E-state index in [-0.39, 0.29) is 12.3 Å². The number of urea groups is 1. The third-order valence-electron chi connectivity index (χ3n) is 5.76. The highest BCUT2D eigenvalue weighted by Crippen LogP contribution is 2.34. The number of amides is 3. The highest BCUT2D eigenvalue weighted by molar-refractivity contribution is 6.15. The molecule has 3 aromatic rings. The summed E-state index contributed by atoms with van der Waals surface area (Å²) < 4.78 is 5.18. The Kier molecular flexibility index (Phi) is 4.81. The Bertz CT molecular complexity index is 1150. The van der Waals surface area contributed by atoms with Crippen LogP contribution in [-0.2, 0) is 10.3 Å². The van der Waals surface area contributed by atoms with Crippen LogP contribution in [-0.4, -0.2) is 41.3 Å². The number of carbonyl (C=O) groups is 3. The second-order valence-electron chi connectivity index (χ2n) is 7.40. The molecule has 1 aromatic heterocycles. The number of Topliss-reactive ketones (excluding diaryl/α,β-unsaturated/α-hetero) is 1. The molecular weight excluding hydrogens is 382 g/mol. The number of ether oxygens (including phenoxy) is 1. The van der Waals surface area contributed by atoms with E-state index in [0.717, 1.165) is 15.8 Å². The summed E-state index contributed by atoms with van der Waals surface area (Å²) in [5, 5.41) is 3.59. The SMILES string of the molecule is CC[C@@]1(c2ccc(OC)cc2)NC(=O)N(CC(=O)c2c(C)[nH]c3ccccc23)C1=O. The van der Waals surface area contributed by atoms with Crippen molar-refractivity contribution in [3.05, 3.63) is 65.4 Å². The van der Waals surface area contributed by atoms with Crippen molar-refractivity contribution in [2.75, 3.05) is 13.7 Å². The van der Waals surface area contributed by atoms with Crippen molar-refractivity contribution in [2.24, 2.45) is 0 Å². The highest BCUT2D eigenvalue weighted by Gasteiger charge is 2.51. The van der Waals surface area contributed by atoms with Crippen molar-refractivity contribution < 1.29 is 19.1 Å². The van der Waals surface area contributed by atoms with E-state index in [9.17, 15) is 14.4 Å². The van der Waals surface area contributed by atoms with Crippen LogP contribution in [0.4, 0.5) is 4.79 Å². The lowest BCUT2D eigenvalue weighted by Crippen LogP contribution is -2.43. The number of hydrogen-bond acceptors (Lipinski definition) is 4. The maximum atomic E-state index is 13.3. The van der Waals surface area contributed by atoms with Crippen LogP contribution in [0.15, 0.2) is 48.5 Å². The Hall–Kier alpha value is -3.61. The van der Waals surface area contributed by atoms with Gasteiger partial charge in [-0.15, -0.1) is 0 Å². The molecule has 2 aromatic carbocycles. The first-order chi connectivity index (χ1) is 14.4. The molecule has 2 heterocycles. The topological polar surface area (TPSA) is 91.5 Å². The number of hydrogen-bond donors (Lipinski definition) is 2. The van der Waals surface area contributed by atoms with E-state index in [2.05, 4.69) is 10.3 Å². The van der Waals surface area contributed by atoms with Gasteiger partial charge >= 0.3 is 6.03 Å². The van der Waals surface area contributed by atoms with Crippen LogP contribution < -0.4 is 10.1 Å². The second kappa shape index (κ2) is 7.33. The lowest BCUT2D eigenvalue weighted by atomic mass is 9.87. The van der Waals surface area contributed by atoms with Crippen LogP contribution in [0.25, 0.3) is 10.9 Å². The quantitative estimate of drug-likeness (QED) is 0.485. The van der Waals surface area contributed by atoms with Gasteiger partial charge < -0.3 is 15.0 Å². The summed E-state index contributed by atoms with van der Waals surface area (Å²) in [5.74, 6) is -0.0512. The average molecular weight is 405 g/mol. The van der Waals surface area contributed by atoms with Crippen molar-refractivity contribution in [3.8, 4) is 5.75 Å². The third kappa shape index (κ3) is 2.94. The Morgan fingerprint density at radius 3 is 2.47 bits per heavy atom. The summed E-state index contributed by atoms with van der Waals surface area (Å²) in [6.45, 7) is 3.33. The molecule has 1 atom stereocenters. The minimum atomic E-state index is -1.20. The molecule has 30 heavy (non-hydrogen) atoms. The maximum Gasteiger partial charge on any atom is 0.325 e. The number of ketones is 1. The molecule has 7 heteroatoms. The number of aromatic nitrogens is 1. The largest absolute Gasteiger partial charge is 0.497 e. The fraction of sp³-hybridized carbons (Fsp3) is 0.261. The Morgan fingerprint density at radius 2 is 1.80 bits per heavy atom. The van der Waals surface area contributed by atoms with E-state index in [1.165, 1.54) is 0 Å². The number of nitrogens with zero attached hydrogens (tertiary/aromatic N) is 1. The Balaban J connectivity index is 1.65. The summed E-state index contributed by atoms with van der Waals surface area (Å²) in [7, 11) is 1.56. The first-order valence-electron chi connectivity index (χ1n) is 9.80. The molecule has 1 saturated heterocycles. The van der Waals surface area contributed by atoms with E-state index in [0.29, 0.717) is 29.0 Å². The van der Waals surface area contributed by atoms with Gasteiger partial charge in [-0.05, 0) is 37.1 Å². The van der Waals surface area contributed by atoms with Gasteiger partial charge in [0.05, 0.1) is 13.7 Å². The smallest absolute Gasteiger partial charge is 0.325 e. The zero-order chi connectivity index (χ0) is 21.5. The highest BCUT2D eigenvalue weighted by atomic mass is 16.5. The second-order valence-corrected chi connectivity index (χ2v) is 7.40. The first kappa shape index (κ1) is 19.7. The zero-order valence-corrected chi connectivity index (χ0v) is 17.1. The lowest BCUT2D eigenvalue weighted by Gasteiger charge is -2.26. The first-order valence-corrected chi connectivity index (χ1v) is 9.80. The molecule has 0 bridgehead atoms. The summed E-state index contributed by atoms with van der Waals surface area (Å²) >= 11 is 0. The number of methoxy groups -OCH3 is 1. The molecule has 0 saturated carbocycles. The Labute approximate surface area is 174 Å². The van der Waals surface area contributed by atoms with Crippen molar-refractivity contribution >= 4 is 28.6 Å². The van der Waals surface area contributed by atoms with Gasteiger partial charge in [0.2, 0.25) is 0 Å². The summed E-state index contributed by atoms with van der Waals surface area (Å²) in [6.07, 6.45) is 0.362.